The molecule has 3 nitrogen and oxygen atoms in total. The highest BCUT2D eigenvalue weighted by atomic mass is 15.2. The Morgan fingerprint density at radius 3 is 2.19 bits per heavy atom. The van der Waals surface area contributed by atoms with Crippen LogP contribution in [0, 0.1) is 6.92 Å². The molecule has 198 valence electrons. The van der Waals surface area contributed by atoms with Crippen molar-refractivity contribution in [2.45, 2.75) is 67.9 Å². The summed E-state index contributed by atoms with van der Waals surface area (Å²) in [5.74, 6) is 0. The molecule has 2 aromatic carbocycles. The maximum absolute atomic E-state index is 4.51. The molecule has 0 saturated carbocycles. The second kappa shape index (κ2) is 17.8. The molecule has 1 aromatic heterocycles. The molecule has 1 aliphatic rings. The second-order valence-electron chi connectivity index (χ2n) is 8.21. The summed E-state index contributed by atoms with van der Waals surface area (Å²) in [6.45, 7) is 24.1. The summed E-state index contributed by atoms with van der Waals surface area (Å²) in [5.41, 5.74) is 9.74. The summed E-state index contributed by atoms with van der Waals surface area (Å²) >= 11 is 0. The molecule has 37 heavy (non-hydrogen) atoms. The number of allylic oxidation sites excluding steroid dienone is 6. The van der Waals surface area contributed by atoms with Gasteiger partial charge in [-0.25, -0.2) is 0 Å². The highest BCUT2D eigenvalue weighted by Crippen LogP contribution is 2.28. The van der Waals surface area contributed by atoms with Crippen LogP contribution in [0.4, 0.5) is 0 Å². The largest absolute Gasteiger partial charge is 0.370 e. The number of nitrogens with one attached hydrogen (secondary N) is 1. The van der Waals surface area contributed by atoms with Crippen molar-refractivity contribution in [3.05, 3.63) is 120 Å². The Balaban J connectivity index is 0.000000347. The number of rotatable bonds is 6. The molecule has 3 aromatic rings. The van der Waals surface area contributed by atoms with Gasteiger partial charge in [0, 0.05) is 42.0 Å². The van der Waals surface area contributed by atoms with E-state index in [4.69, 9.17) is 0 Å². The number of benzene rings is 2. The van der Waals surface area contributed by atoms with E-state index in [9.17, 15) is 0 Å². The SMILES string of the molecule is C=C/C=C(\C=C/C)c1n[nH]c2c1CN(C(=C)CC)CC2.CC.CC.Cc1ccc(-c2ccccc2)cc1. The first-order valence-electron chi connectivity index (χ1n) is 13.6. The van der Waals surface area contributed by atoms with Crippen LogP contribution in [0.5, 0.6) is 0 Å². The van der Waals surface area contributed by atoms with E-state index in [1.54, 1.807) is 0 Å². The van der Waals surface area contributed by atoms with Gasteiger partial charge >= 0.3 is 0 Å². The molecular formula is C34H47N3. The number of hydrogen-bond acceptors (Lipinski definition) is 2. The molecular weight excluding hydrogens is 450 g/mol. The molecule has 1 aliphatic heterocycles. The fourth-order valence-electron chi connectivity index (χ4n) is 3.92. The minimum absolute atomic E-state index is 0.889. The summed E-state index contributed by atoms with van der Waals surface area (Å²) in [6, 6.07) is 19.0. The van der Waals surface area contributed by atoms with Gasteiger partial charge in [-0.15, -0.1) is 0 Å². The molecule has 0 amide bonds. The molecule has 0 atom stereocenters. The summed E-state index contributed by atoms with van der Waals surface area (Å²) in [6.07, 6.45) is 9.91. The molecule has 0 fully saturated rings. The summed E-state index contributed by atoms with van der Waals surface area (Å²) in [5, 5.41) is 7.69. The van der Waals surface area contributed by atoms with E-state index in [1.807, 2.05) is 58.9 Å². The third-order valence-corrected chi connectivity index (χ3v) is 5.86. The van der Waals surface area contributed by atoms with Crippen molar-refractivity contribution in [3.63, 3.8) is 0 Å². The van der Waals surface area contributed by atoms with E-state index in [-0.39, 0.29) is 0 Å². The van der Waals surface area contributed by atoms with E-state index in [1.165, 1.54) is 33.6 Å². The number of H-pyrrole nitrogens is 1. The average molecular weight is 498 g/mol. The van der Waals surface area contributed by atoms with Gasteiger partial charge in [0.05, 0.1) is 5.69 Å². The van der Waals surface area contributed by atoms with Crippen LogP contribution >= 0.6 is 0 Å². The predicted octanol–water partition coefficient (Wildman–Crippen LogP) is 9.55. The number of nitrogens with zero attached hydrogens (tertiary/aromatic N) is 2. The quantitative estimate of drug-likeness (QED) is 0.344. The average Bonchev–Trinajstić information content (AvgIpc) is 3.39. The molecule has 0 bridgehead atoms. The summed E-state index contributed by atoms with van der Waals surface area (Å²) in [4.78, 5) is 2.35. The molecule has 0 radical (unpaired) electrons. The van der Waals surface area contributed by atoms with Gasteiger partial charge in [0.2, 0.25) is 0 Å². The van der Waals surface area contributed by atoms with Gasteiger partial charge in [-0.2, -0.15) is 5.10 Å². The van der Waals surface area contributed by atoms with Crippen molar-refractivity contribution in [3.8, 4) is 11.1 Å². The molecule has 0 spiro atoms. The second-order valence-corrected chi connectivity index (χ2v) is 8.21. The lowest BCUT2D eigenvalue weighted by Crippen LogP contribution is -2.29. The lowest BCUT2D eigenvalue weighted by molar-refractivity contribution is 0.314. The van der Waals surface area contributed by atoms with Crippen molar-refractivity contribution >= 4 is 5.57 Å². The number of aryl methyl sites for hydroxylation is 1. The first-order valence-corrected chi connectivity index (χ1v) is 13.6. The van der Waals surface area contributed by atoms with Gasteiger partial charge in [0.1, 0.15) is 0 Å². The fraction of sp³-hybridized carbons (Fsp3) is 0.324. The van der Waals surface area contributed by atoms with Crippen LogP contribution in [0.1, 0.15) is 70.5 Å². The zero-order valence-corrected chi connectivity index (χ0v) is 24.1. The van der Waals surface area contributed by atoms with Crippen LogP contribution in [-0.2, 0) is 13.0 Å². The smallest absolute Gasteiger partial charge is 0.0973 e. The maximum Gasteiger partial charge on any atom is 0.0973 e. The Morgan fingerprint density at radius 1 is 1.00 bits per heavy atom. The fourth-order valence-corrected chi connectivity index (χ4v) is 3.92. The van der Waals surface area contributed by atoms with Crippen molar-refractivity contribution in [2.75, 3.05) is 6.54 Å². The van der Waals surface area contributed by atoms with Gasteiger partial charge in [-0.05, 0) is 31.4 Å². The minimum Gasteiger partial charge on any atom is -0.370 e. The number of aromatic amines is 1. The Bertz CT molecular complexity index is 1120. The standard InChI is InChI=1S/C17H23N3.C13H12.2C2H6/c1-5-8-14(9-6-2)17-15-12-20(13(4)7-3)11-10-16(15)18-19-17;1-11-7-9-13(10-8-11)12-5-3-2-4-6-12;2*1-2/h5-6,8-9H,1,4,7,10-12H2,2-3H3,(H,18,19);2-10H,1H3;2*1-2H3/b9-6-,14-8+;;;. The summed E-state index contributed by atoms with van der Waals surface area (Å²) in [7, 11) is 0. The first-order chi connectivity index (χ1) is 18.1. The van der Waals surface area contributed by atoms with Crippen molar-refractivity contribution in [2.24, 2.45) is 0 Å². The van der Waals surface area contributed by atoms with E-state index in [0.717, 1.165) is 37.2 Å². The number of fused-ring (bicyclic) bond motifs is 1. The van der Waals surface area contributed by atoms with E-state index >= 15 is 0 Å². The maximum atomic E-state index is 4.51. The van der Waals surface area contributed by atoms with Crippen LogP contribution in [0.25, 0.3) is 16.7 Å². The lowest BCUT2D eigenvalue weighted by atomic mass is 10.00. The van der Waals surface area contributed by atoms with Crippen molar-refractivity contribution < 1.29 is 0 Å². The van der Waals surface area contributed by atoms with Gasteiger partial charge in [0.15, 0.2) is 0 Å². The monoisotopic (exact) mass is 497 g/mol. The Hall–Kier alpha value is -3.59. The van der Waals surface area contributed by atoms with E-state index < -0.39 is 0 Å². The van der Waals surface area contributed by atoms with Crippen LogP contribution in [0.3, 0.4) is 0 Å². The topological polar surface area (TPSA) is 31.9 Å². The van der Waals surface area contributed by atoms with E-state index in [2.05, 4.69) is 96.7 Å². The van der Waals surface area contributed by atoms with Gasteiger partial charge in [-0.3, -0.25) is 5.10 Å². The molecule has 0 unspecified atom stereocenters. The lowest BCUT2D eigenvalue weighted by Gasteiger charge is -2.30. The van der Waals surface area contributed by atoms with Crippen LogP contribution in [0.2, 0.25) is 0 Å². The molecule has 2 heterocycles. The van der Waals surface area contributed by atoms with Crippen molar-refractivity contribution in [1.82, 2.24) is 15.1 Å². The third kappa shape index (κ3) is 9.42. The van der Waals surface area contributed by atoms with Gasteiger partial charge in [0.25, 0.3) is 0 Å². The molecule has 1 N–H and O–H groups in total. The Labute approximate surface area is 226 Å². The van der Waals surface area contributed by atoms with Gasteiger partial charge < -0.3 is 4.90 Å². The van der Waals surface area contributed by atoms with E-state index in [0.29, 0.717) is 0 Å². The molecule has 4 rings (SSSR count). The molecule has 0 aliphatic carbocycles. The van der Waals surface area contributed by atoms with Gasteiger partial charge in [-0.1, -0.05) is 132 Å². The van der Waals surface area contributed by atoms with Crippen molar-refractivity contribution in [1.29, 1.82) is 0 Å². The highest BCUT2D eigenvalue weighted by Gasteiger charge is 2.23. The zero-order chi connectivity index (χ0) is 27.6. The minimum atomic E-state index is 0.889. The Kier molecular flexibility index (Phi) is 15.1. The third-order valence-electron chi connectivity index (χ3n) is 5.86. The normalized spacial score (nSPS) is 12.2. The zero-order valence-electron chi connectivity index (χ0n) is 24.1. The number of hydrogen-bond donors (Lipinski definition) is 1. The first kappa shape index (κ1) is 31.4. The highest BCUT2D eigenvalue weighted by molar-refractivity contribution is 5.75. The number of aromatic nitrogens is 2. The van der Waals surface area contributed by atoms with Crippen LogP contribution < -0.4 is 0 Å². The van der Waals surface area contributed by atoms with Crippen LogP contribution in [-0.4, -0.2) is 21.6 Å². The molecule has 3 heteroatoms. The van der Waals surface area contributed by atoms with Crippen LogP contribution in [0.15, 0.2) is 97.8 Å². The Morgan fingerprint density at radius 2 is 1.62 bits per heavy atom. The predicted molar refractivity (Wildman–Crippen MR) is 164 cm³/mol. The molecule has 0 saturated heterocycles. The summed E-state index contributed by atoms with van der Waals surface area (Å²) < 4.78 is 0.